The molecule has 11 heteroatoms. The van der Waals surface area contributed by atoms with E-state index in [1.54, 1.807) is 20.8 Å². The van der Waals surface area contributed by atoms with Crippen LogP contribution in [0.5, 0.6) is 0 Å². The predicted molar refractivity (Wildman–Crippen MR) is 160 cm³/mol. The normalized spacial score (nSPS) is 19.2. The summed E-state index contributed by atoms with van der Waals surface area (Å²) in [6, 6.07) is 4.65. The molecule has 222 valence electrons. The summed E-state index contributed by atoms with van der Waals surface area (Å²) in [5, 5.41) is 12.8. The number of carbonyl (C=O) groups excluding carboxylic acids is 3. The Bertz CT molecular complexity index is 1400. The molecule has 1 aliphatic heterocycles. The lowest BCUT2D eigenvalue weighted by molar-refractivity contribution is -0.137. The van der Waals surface area contributed by atoms with Gasteiger partial charge in [0.25, 0.3) is 5.91 Å². The number of ether oxygens (including phenoxy) is 1. The molecule has 0 saturated carbocycles. The summed E-state index contributed by atoms with van der Waals surface area (Å²) in [5.74, 6) is -1.69. The molecular weight excluding hydrogens is 592 g/mol. The molecule has 3 atom stereocenters. The highest BCUT2D eigenvalue weighted by molar-refractivity contribution is 9.10. The summed E-state index contributed by atoms with van der Waals surface area (Å²) in [6.45, 7) is 11.0. The number of nitrogens with one attached hydrogen (secondary N) is 1. The molecule has 0 fully saturated rings. The first kappa shape index (κ1) is 30.8. The van der Waals surface area contributed by atoms with E-state index in [1.165, 1.54) is 4.57 Å². The topological polar surface area (TPSA) is 121 Å². The highest BCUT2D eigenvalue weighted by Gasteiger charge is 2.39. The molecule has 41 heavy (non-hydrogen) atoms. The van der Waals surface area contributed by atoms with E-state index in [0.29, 0.717) is 36.2 Å². The van der Waals surface area contributed by atoms with Crippen LogP contribution in [0.2, 0.25) is 0 Å². The molecule has 4 rings (SSSR count). The van der Waals surface area contributed by atoms with Crippen molar-refractivity contribution >= 4 is 56.3 Å². The summed E-state index contributed by atoms with van der Waals surface area (Å²) in [4.78, 5) is 55.3. The Balaban J connectivity index is 1.78. The van der Waals surface area contributed by atoms with Crippen LogP contribution in [0.4, 0.5) is 4.79 Å². The van der Waals surface area contributed by atoms with Crippen LogP contribution in [0.15, 0.2) is 28.9 Å². The molecule has 2 heterocycles. The lowest BCUT2D eigenvalue weighted by atomic mass is 9.79. The second-order valence-electron chi connectivity index (χ2n) is 11.7. The largest absolute Gasteiger partial charge is 0.481 e. The number of hydrogen-bond acceptors (Lipinski definition) is 6. The lowest BCUT2D eigenvalue weighted by Crippen LogP contribution is -2.47. The van der Waals surface area contributed by atoms with Gasteiger partial charge in [0.2, 0.25) is 5.91 Å². The van der Waals surface area contributed by atoms with Gasteiger partial charge in [-0.05, 0) is 93.2 Å². The molecule has 2 amide bonds. The number of alkyl carbamates (subject to hydrolysis) is 1. The number of aromatic nitrogens is 1. The maximum atomic E-state index is 14.0. The minimum Gasteiger partial charge on any atom is -0.481 e. The van der Waals surface area contributed by atoms with Crippen LogP contribution in [0.25, 0.3) is 16.5 Å². The maximum absolute atomic E-state index is 14.0. The van der Waals surface area contributed by atoms with E-state index in [9.17, 15) is 24.3 Å². The van der Waals surface area contributed by atoms with Crippen molar-refractivity contribution in [2.75, 3.05) is 26.7 Å². The van der Waals surface area contributed by atoms with Crippen LogP contribution in [0.1, 0.15) is 63.4 Å². The van der Waals surface area contributed by atoms with E-state index in [2.05, 4.69) is 32.2 Å². The summed E-state index contributed by atoms with van der Waals surface area (Å²) in [7, 11) is 2.02. The zero-order chi connectivity index (χ0) is 30.2. The van der Waals surface area contributed by atoms with Gasteiger partial charge in [-0.3, -0.25) is 23.9 Å². The van der Waals surface area contributed by atoms with Crippen molar-refractivity contribution < 1.29 is 29.0 Å². The highest BCUT2D eigenvalue weighted by atomic mass is 79.9. The third kappa shape index (κ3) is 6.21. The van der Waals surface area contributed by atoms with Crippen molar-refractivity contribution in [3.63, 3.8) is 0 Å². The zero-order valence-corrected chi connectivity index (χ0v) is 26.1. The van der Waals surface area contributed by atoms with E-state index in [4.69, 9.17) is 4.74 Å². The molecule has 0 radical (unpaired) electrons. The van der Waals surface area contributed by atoms with Gasteiger partial charge >= 0.3 is 12.1 Å². The molecule has 1 aliphatic carbocycles. The van der Waals surface area contributed by atoms with Gasteiger partial charge in [0.05, 0.1) is 16.0 Å². The Hall–Kier alpha value is -3.18. The highest BCUT2D eigenvalue weighted by Crippen LogP contribution is 2.45. The third-order valence-electron chi connectivity index (χ3n) is 7.74. The van der Waals surface area contributed by atoms with Crippen LogP contribution in [0.3, 0.4) is 0 Å². The van der Waals surface area contributed by atoms with Crippen molar-refractivity contribution in [2.45, 2.75) is 71.6 Å². The molecule has 0 unspecified atom stereocenters. The molecule has 0 bridgehead atoms. The summed E-state index contributed by atoms with van der Waals surface area (Å²) in [6.07, 6.45) is 1.53. The number of fused-ring (bicyclic) bond motifs is 2. The number of hydrogen-bond donors (Lipinski definition) is 2. The molecule has 2 aliphatic rings. The van der Waals surface area contributed by atoms with Crippen molar-refractivity contribution in [1.82, 2.24) is 19.7 Å². The number of rotatable bonds is 8. The Morgan fingerprint density at radius 2 is 1.88 bits per heavy atom. The minimum atomic E-state index is -1.12. The number of halogens is 1. The standard InChI is InChI=1S/C30H39BrN4O6/c1-7-34(8-2)27(38)17-14-19-18-10-9-11-22-25(18)20(15-23(19)33(6)16-17)26(31)35(22)28(39)21(12-13-24(36)37)32-29(40)41-30(3,4)5/h9-11,14,17,21,23H,7-8,12-13,15-16H2,1-6H3,(H,32,40)(H,36,37)/t17-,21+,23-/m1/s1. The zero-order valence-electron chi connectivity index (χ0n) is 24.5. The van der Waals surface area contributed by atoms with Gasteiger partial charge in [-0.25, -0.2) is 4.79 Å². The van der Waals surface area contributed by atoms with E-state index in [-0.39, 0.29) is 30.7 Å². The molecule has 2 aromatic rings. The number of carboxylic acids is 1. The third-order valence-corrected chi connectivity index (χ3v) is 8.58. The van der Waals surface area contributed by atoms with Crippen LogP contribution < -0.4 is 5.32 Å². The second kappa shape index (κ2) is 12.0. The van der Waals surface area contributed by atoms with Crippen LogP contribution in [0, 0.1) is 5.92 Å². The van der Waals surface area contributed by atoms with Gasteiger partial charge in [0.1, 0.15) is 11.6 Å². The average Bonchev–Trinajstić information content (AvgIpc) is 3.18. The monoisotopic (exact) mass is 630 g/mol. The molecule has 1 aromatic heterocycles. The Kier molecular flexibility index (Phi) is 8.98. The van der Waals surface area contributed by atoms with Gasteiger partial charge in [-0.15, -0.1) is 0 Å². The first-order chi connectivity index (χ1) is 19.3. The number of benzene rings is 1. The number of amides is 2. The maximum Gasteiger partial charge on any atom is 0.408 e. The quantitative estimate of drug-likeness (QED) is 0.439. The van der Waals surface area contributed by atoms with Gasteiger partial charge in [-0.2, -0.15) is 0 Å². The molecular formula is C30H39BrN4O6. The van der Waals surface area contributed by atoms with E-state index in [1.807, 2.05) is 44.0 Å². The van der Waals surface area contributed by atoms with Gasteiger partial charge in [0, 0.05) is 37.5 Å². The van der Waals surface area contributed by atoms with Crippen LogP contribution in [-0.2, 0) is 20.7 Å². The number of carbonyl (C=O) groups is 4. The Labute approximate surface area is 248 Å². The van der Waals surface area contributed by atoms with Gasteiger partial charge in [0.15, 0.2) is 0 Å². The predicted octanol–water partition coefficient (Wildman–Crippen LogP) is 4.54. The van der Waals surface area contributed by atoms with E-state index >= 15 is 0 Å². The smallest absolute Gasteiger partial charge is 0.408 e. The summed E-state index contributed by atoms with van der Waals surface area (Å²) in [5.41, 5.74) is 2.86. The van der Waals surface area contributed by atoms with Crippen molar-refractivity contribution in [1.29, 1.82) is 0 Å². The van der Waals surface area contributed by atoms with Gasteiger partial charge in [-0.1, -0.05) is 18.2 Å². The van der Waals surface area contributed by atoms with Crippen LogP contribution in [-0.4, -0.2) is 87.7 Å². The fourth-order valence-electron chi connectivity index (χ4n) is 5.86. The first-order valence-corrected chi connectivity index (χ1v) is 14.8. The molecule has 2 N–H and O–H groups in total. The minimum absolute atomic E-state index is 0.0267. The number of carboxylic acid groups (broad SMARTS) is 1. The molecule has 1 aromatic carbocycles. The molecule has 0 saturated heterocycles. The average molecular weight is 632 g/mol. The van der Waals surface area contributed by atoms with Crippen LogP contribution >= 0.6 is 15.9 Å². The number of likely N-dealkylation sites (N-methyl/N-ethyl adjacent to an activating group) is 1. The molecule has 0 spiro atoms. The van der Waals surface area contributed by atoms with Crippen molar-refractivity contribution in [3.8, 4) is 0 Å². The summed E-state index contributed by atoms with van der Waals surface area (Å²) < 4.78 is 7.45. The SMILES string of the molecule is CCN(CC)C(=O)[C@@H]1C=C2c3cccc4c3c(c(Br)n4C(=O)[C@H](CCC(=O)O)NC(=O)OC(C)(C)C)C[C@H]2N(C)C1. The van der Waals surface area contributed by atoms with E-state index in [0.717, 1.165) is 22.1 Å². The van der Waals surface area contributed by atoms with Gasteiger partial charge < -0.3 is 20.1 Å². The van der Waals surface area contributed by atoms with Crippen molar-refractivity contribution in [2.24, 2.45) is 5.92 Å². The summed E-state index contributed by atoms with van der Waals surface area (Å²) >= 11 is 3.68. The number of nitrogens with zero attached hydrogens (tertiary/aromatic N) is 3. The van der Waals surface area contributed by atoms with Crippen molar-refractivity contribution in [3.05, 3.63) is 40.0 Å². The lowest BCUT2D eigenvalue weighted by Gasteiger charge is -2.40. The first-order valence-electron chi connectivity index (χ1n) is 14.1. The Morgan fingerprint density at radius 1 is 1.20 bits per heavy atom. The fourth-order valence-corrected chi connectivity index (χ4v) is 6.59. The molecule has 10 nitrogen and oxygen atoms in total. The fraction of sp³-hybridized carbons (Fsp3) is 0.533. The Morgan fingerprint density at radius 3 is 2.49 bits per heavy atom. The number of aliphatic carboxylic acids is 1. The van der Waals surface area contributed by atoms with E-state index < -0.39 is 29.6 Å². The second-order valence-corrected chi connectivity index (χ2v) is 12.4.